The molecule has 1 aromatic heterocycles. The van der Waals surface area contributed by atoms with E-state index in [2.05, 4.69) is 53.6 Å². The highest BCUT2D eigenvalue weighted by Gasteiger charge is 2.43. The van der Waals surface area contributed by atoms with Crippen molar-refractivity contribution in [3.8, 4) is 11.1 Å². The highest BCUT2D eigenvalue weighted by molar-refractivity contribution is 5.95. The van der Waals surface area contributed by atoms with Crippen molar-refractivity contribution in [3.05, 3.63) is 89.7 Å². The lowest BCUT2D eigenvalue weighted by molar-refractivity contribution is -0.133. The van der Waals surface area contributed by atoms with E-state index in [0.29, 0.717) is 31.6 Å². The highest BCUT2D eigenvalue weighted by atomic mass is 16.2. The molecule has 0 bridgehead atoms. The minimum atomic E-state index is -0.669. The maximum absolute atomic E-state index is 13.5. The first kappa shape index (κ1) is 22.7. The third-order valence-electron chi connectivity index (χ3n) is 6.52. The van der Waals surface area contributed by atoms with Gasteiger partial charge in [-0.1, -0.05) is 54.1 Å². The summed E-state index contributed by atoms with van der Waals surface area (Å²) in [4.78, 5) is 32.5. The fourth-order valence-electron chi connectivity index (χ4n) is 4.79. The quantitative estimate of drug-likeness (QED) is 0.605. The molecule has 0 spiro atoms. The lowest BCUT2D eigenvalue weighted by Crippen LogP contribution is -2.54. The van der Waals surface area contributed by atoms with Crippen LogP contribution in [0.1, 0.15) is 41.3 Å². The number of aryl methyl sites for hydroxylation is 1. The lowest BCUT2D eigenvalue weighted by Gasteiger charge is -2.42. The Morgan fingerprint density at radius 1 is 1.03 bits per heavy atom. The molecule has 0 saturated carbocycles. The second-order valence-electron chi connectivity index (χ2n) is 8.91. The molecular formula is C28H31N3O2. The van der Waals surface area contributed by atoms with E-state index in [1.807, 2.05) is 24.0 Å². The summed E-state index contributed by atoms with van der Waals surface area (Å²) < 4.78 is 0. The van der Waals surface area contributed by atoms with Gasteiger partial charge < -0.3 is 10.2 Å². The van der Waals surface area contributed by atoms with Gasteiger partial charge in [0, 0.05) is 37.6 Å². The molecule has 5 heteroatoms. The number of carbonyl (C=O) groups is 2. The first-order valence-electron chi connectivity index (χ1n) is 11.6. The fraction of sp³-hybridized carbons (Fsp3) is 0.321. The Balaban J connectivity index is 1.68. The van der Waals surface area contributed by atoms with Crippen LogP contribution in [0.3, 0.4) is 0 Å². The second-order valence-corrected chi connectivity index (χ2v) is 8.91. The predicted octanol–water partition coefficient (Wildman–Crippen LogP) is 4.66. The van der Waals surface area contributed by atoms with Crippen molar-refractivity contribution in [2.75, 3.05) is 19.6 Å². The Morgan fingerprint density at radius 3 is 2.48 bits per heavy atom. The molecule has 1 atom stereocenters. The van der Waals surface area contributed by atoms with Crippen LogP contribution in [0.4, 0.5) is 0 Å². The van der Waals surface area contributed by atoms with Gasteiger partial charge in [-0.3, -0.25) is 14.6 Å². The highest BCUT2D eigenvalue weighted by Crippen LogP contribution is 2.37. The van der Waals surface area contributed by atoms with E-state index in [1.54, 1.807) is 24.5 Å². The third kappa shape index (κ3) is 4.98. The van der Waals surface area contributed by atoms with Crippen LogP contribution >= 0.6 is 0 Å². The first-order chi connectivity index (χ1) is 16.0. The van der Waals surface area contributed by atoms with Gasteiger partial charge in [-0.05, 0) is 61.9 Å². The molecule has 4 rings (SSSR count). The minimum Gasteiger partial charge on any atom is -0.356 e. The maximum atomic E-state index is 13.5. The van der Waals surface area contributed by atoms with Gasteiger partial charge in [0.1, 0.15) is 0 Å². The topological polar surface area (TPSA) is 62.3 Å². The summed E-state index contributed by atoms with van der Waals surface area (Å²) in [5, 5.41) is 3.06. The molecule has 1 saturated heterocycles. The van der Waals surface area contributed by atoms with E-state index in [0.717, 1.165) is 29.5 Å². The molecular weight excluding hydrogens is 410 g/mol. The van der Waals surface area contributed by atoms with Crippen molar-refractivity contribution in [2.45, 2.75) is 33.1 Å². The van der Waals surface area contributed by atoms with Gasteiger partial charge in [0.25, 0.3) is 5.91 Å². The molecule has 3 aromatic rings. The monoisotopic (exact) mass is 441 g/mol. The second kappa shape index (κ2) is 9.99. The smallest absolute Gasteiger partial charge is 0.253 e. The van der Waals surface area contributed by atoms with Crippen LogP contribution in [0.2, 0.25) is 0 Å². The molecule has 0 unspecified atom stereocenters. The van der Waals surface area contributed by atoms with Crippen molar-refractivity contribution in [1.82, 2.24) is 15.2 Å². The number of pyridine rings is 1. The molecule has 1 N–H and O–H groups in total. The van der Waals surface area contributed by atoms with Crippen molar-refractivity contribution in [1.29, 1.82) is 0 Å². The molecule has 0 radical (unpaired) electrons. The lowest BCUT2D eigenvalue weighted by atomic mass is 9.73. The normalized spacial score (nSPS) is 18.1. The summed E-state index contributed by atoms with van der Waals surface area (Å²) in [6.45, 7) is 5.65. The third-order valence-corrected chi connectivity index (χ3v) is 6.52. The van der Waals surface area contributed by atoms with E-state index < -0.39 is 5.41 Å². The number of nitrogens with zero attached hydrogens (tertiary/aromatic N) is 2. The summed E-state index contributed by atoms with van der Waals surface area (Å²) in [7, 11) is 0. The number of hydrogen-bond acceptors (Lipinski definition) is 3. The number of nitrogens with one attached hydrogen (secondary N) is 1. The van der Waals surface area contributed by atoms with Gasteiger partial charge in [0.2, 0.25) is 5.91 Å². The van der Waals surface area contributed by atoms with Crippen molar-refractivity contribution >= 4 is 11.8 Å². The van der Waals surface area contributed by atoms with Crippen molar-refractivity contribution < 1.29 is 9.59 Å². The molecule has 5 nitrogen and oxygen atoms in total. The zero-order valence-electron chi connectivity index (χ0n) is 19.4. The Hall–Kier alpha value is -3.47. The number of piperidine rings is 1. The molecule has 2 heterocycles. The van der Waals surface area contributed by atoms with Gasteiger partial charge in [0.15, 0.2) is 0 Å². The van der Waals surface area contributed by atoms with E-state index in [-0.39, 0.29) is 11.8 Å². The number of aromatic nitrogens is 1. The van der Waals surface area contributed by atoms with Crippen molar-refractivity contribution in [3.63, 3.8) is 0 Å². The largest absolute Gasteiger partial charge is 0.356 e. The average Bonchev–Trinajstić information content (AvgIpc) is 2.85. The van der Waals surface area contributed by atoms with Crippen LogP contribution in [0, 0.1) is 12.3 Å². The summed E-state index contributed by atoms with van der Waals surface area (Å²) in [6, 6.07) is 20.3. The Morgan fingerprint density at radius 2 is 1.76 bits per heavy atom. The molecule has 1 aliphatic rings. The zero-order chi connectivity index (χ0) is 23.3. The van der Waals surface area contributed by atoms with Crippen LogP contribution in [0.15, 0.2) is 73.1 Å². The van der Waals surface area contributed by atoms with E-state index in [1.165, 1.54) is 5.56 Å². The Bertz CT molecular complexity index is 1110. The van der Waals surface area contributed by atoms with E-state index in [9.17, 15) is 9.59 Å². The molecule has 0 aliphatic carbocycles. The summed E-state index contributed by atoms with van der Waals surface area (Å²) in [5.74, 6) is -0.0199. The SMILES string of the molecule is CCNC(=O)[C@@]1(Cc2ccccc2-c2ccc(C)cc2)CCCN(C(=O)c2ccncc2)C1. The molecule has 1 aliphatic heterocycles. The number of carbonyl (C=O) groups excluding carboxylic acids is 2. The Kier molecular flexibility index (Phi) is 6.87. The van der Waals surface area contributed by atoms with Gasteiger partial charge in [0.05, 0.1) is 5.41 Å². The summed E-state index contributed by atoms with van der Waals surface area (Å²) in [5.41, 5.74) is 4.56. The number of rotatable bonds is 6. The standard InChI is InChI=1S/C28H31N3O2/c1-3-30-27(33)28(15-6-18-31(20-28)26(32)23-13-16-29-17-14-23)19-24-7-4-5-8-25(24)22-11-9-21(2)10-12-22/h4-5,7-14,16-17H,3,6,15,18-20H2,1-2H3,(H,30,33)/t28-/m1/s1. The number of hydrogen-bond donors (Lipinski definition) is 1. The van der Waals surface area contributed by atoms with Crippen LogP contribution in [-0.4, -0.2) is 41.3 Å². The Labute approximate surface area is 195 Å². The summed E-state index contributed by atoms with van der Waals surface area (Å²) >= 11 is 0. The molecule has 170 valence electrons. The molecule has 1 fully saturated rings. The molecule has 33 heavy (non-hydrogen) atoms. The van der Waals surface area contributed by atoms with Gasteiger partial charge in [-0.25, -0.2) is 0 Å². The average molecular weight is 442 g/mol. The number of amides is 2. The van der Waals surface area contributed by atoms with E-state index in [4.69, 9.17) is 0 Å². The minimum absolute atomic E-state index is 0.0240. The van der Waals surface area contributed by atoms with Gasteiger partial charge in [-0.2, -0.15) is 0 Å². The van der Waals surface area contributed by atoms with Crippen LogP contribution in [0.5, 0.6) is 0 Å². The van der Waals surface area contributed by atoms with Crippen molar-refractivity contribution in [2.24, 2.45) is 5.41 Å². The first-order valence-corrected chi connectivity index (χ1v) is 11.6. The van der Waals surface area contributed by atoms with Crippen LogP contribution in [0.25, 0.3) is 11.1 Å². The van der Waals surface area contributed by atoms with Gasteiger partial charge in [-0.15, -0.1) is 0 Å². The van der Waals surface area contributed by atoms with E-state index >= 15 is 0 Å². The fourth-order valence-corrected chi connectivity index (χ4v) is 4.79. The molecule has 2 aromatic carbocycles. The summed E-state index contributed by atoms with van der Waals surface area (Å²) in [6.07, 6.45) is 5.39. The maximum Gasteiger partial charge on any atom is 0.253 e. The number of benzene rings is 2. The molecule has 2 amide bonds. The van der Waals surface area contributed by atoms with Gasteiger partial charge >= 0.3 is 0 Å². The van der Waals surface area contributed by atoms with Crippen LogP contribution in [-0.2, 0) is 11.2 Å². The zero-order valence-corrected chi connectivity index (χ0v) is 19.4. The van der Waals surface area contributed by atoms with Crippen LogP contribution < -0.4 is 5.32 Å². The number of likely N-dealkylation sites (tertiary alicyclic amines) is 1. The predicted molar refractivity (Wildman–Crippen MR) is 131 cm³/mol.